The molecule has 1 aromatic heterocycles. The highest BCUT2D eigenvalue weighted by Gasteiger charge is 2.16. The Morgan fingerprint density at radius 2 is 1.97 bits per heavy atom. The van der Waals surface area contributed by atoms with E-state index in [9.17, 15) is 5.11 Å². The number of aromatic amines is 1. The Balaban J connectivity index is 1.25. The van der Waals surface area contributed by atoms with Crippen LogP contribution in [0.15, 0.2) is 42.5 Å². The van der Waals surface area contributed by atoms with Crippen LogP contribution in [0.25, 0.3) is 11.0 Å². The number of aromatic nitrogens is 2. The topological polar surface area (TPSA) is 82.6 Å². The fourth-order valence-electron chi connectivity index (χ4n) is 4.19. The van der Waals surface area contributed by atoms with Crippen molar-refractivity contribution in [3.05, 3.63) is 53.9 Å². The number of hydrogen-bond donors (Lipinski definition) is 3. The molecule has 0 aliphatic carbocycles. The molecule has 0 bridgehead atoms. The van der Waals surface area contributed by atoms with Crippen LogP contribution in [0.5, 0.6) is 11.5 Å². The minimum atomic E-state index is -0.511. The van der Waals surface area contributed by atoms with Gasteiger partial charge in [0, 0.05) is 26.1 Å². The molecule has 172 valence electrons. The van der Waals surface area contributed by atoms with E-state index in [2.05, 4.69) is 20.2 Å². The molecule has 32 heavy (non-hydrogen) atoms. The second-order valence-corrected chi connectivity index (χ2v) is 8.44. The molecule has 1 atom stereocenters. The Morgan fingerprint density at radius 3 is 2.78 bits per heavy atom. The van der Waals surface area contributed by atoms with Gasteiger partial charge in [0.05, 0.1) is 18.1 Å². The van der Waals surface area contributed by atoms with E-state index in [0.717, 1.165) is 55.0 Å². The molecule has 1 saturated heterocycles. The zero-order valence-electron chi connectivity index (χ0n) is 18.8. The minimum absolute atomic E-state index is 0.260. The monoisotopic (exact) mass is 438 g/mol. The third-order valence-electron chi connectivity index (χ3n) is 5.88. The van der Waals surface area contributed by atoms with Gasteiger partial charge in [-0.15, -0.1) is 0 Å². The number of aliphatic hydroxyl groups excluding tert-OH is 1. The number of hydrogen-bond acceptors (Lipinski definition) is 6. The zero-order valence-corrected chi connectivity index (χ0v) is 18.8. The van der Waals surface area contributed by atoms with Crippen molar-refractivity contribution >= 4 is 11.0 Å². The van der Waals surface area contributed by atoms with Crippen molar-refractivity contribution in [3.8, 4) is 11.5 Å². The van der Waals surface area contributed by atoms with E-state index in [0.29, 0.717) is 18.0 Å². The van der Waals surface area contributed by atoms with E-state index < -0.39 is 6.10 Å². The van der Waals surface area contributed by atoms with Crippen molar-refractivity contribution < 1.29 is 14.6 Å². The lowest BCUT2D eigenvalue weighted by atomic mass is 10.1. The number of fused-ring (bicyclic) bond motifs is 1. The van der Waals surface area contributed by atoms with Crippen molar-refractivity contribution in [1.29, 1.82) is 0 Å². The second kappa shape index (κ2) is 11.3. The highest BCUT2D eigenvalue weighted by Crippen LogP contribution is 2.28. The lowest BCUT2D eigenvalue weighted by Gasteiger charge is -2.28. The first-order valence-corrected chi connectivity index (χ1v) is 11.6. The molecule has 1 fully saturated rings. The Labute approximate surface area is 189 Å². The highest BCUT2D eigenvalue weighted by molar-refractivity contribution is 5.74. The SMILES string of the molecule is COc1ccc(CNCCc2nc3ccccc3[nH]2)cc1OCC(O)CN1CCCCC1. The Hall–Kier alpha value is -2.61. The van der Waals surface area contributed by atoms with Crippen molar-refractivity contribution in [2.75, 3.05) is 39.9 Å². The first-order chi connectivity index (χ1) is 15.7. The van der Waals surface area contributed by atoms with Gasteiger partial charge in [-0.05, 0) is 55.8 Å². The van der Waals surface area contributed by atoms with Gasteiger partial charge in [-0.2, -0.15) is 0 Å². The lowest BCUT2D eigenvalue weighted by Crippen LogP contribution is -2.38. The molecule has 0 radical (unpaired) electrons. The molecular formula is C25H34N4O3. The quantitative estimate of drug-likeness (QED) is 0.399. The maximum absolute atomic E-state index is 10.4. The van der Waals surface area contributed by atoms with Crippen molar-refractivity contribution in [1.82, 2.24) is 20.2 Å². The molecular weight excluding hydrogens is 404 g/mol. The molecule has 1 aliphatic heterocycles. The number of rotatable bonds is 11. The summed E-state index contributed by atoms with van der Waals surface area (Å²) >= 11 is 0. The number of benzene rings is 2. The van der Waals surface area contributed by atoms with Crippen LogP contribution in [0, 0.1) is 0 Å². The Bertz CT molecular complexity index is 951. The summed E-state index contributed by atoms with van der Waals surface area (Å²) < 4.78 is 11.4. The van der Waals surface area contributed by atoms with E-state index in [4.69, 9.17) is 9.47 Å². The van der Waals surface area contributed by atoms with Gasteiger partial charge in [0.15, 0.2) is 11.5 Å². The number of likely N-dealkylation sites (tertiary alicyclic amines) is 1. The second-order valence-electron chi connectivity index (χ2n) is 8.44. The van der Waals surface area contributed by atoms with E-state index in [1.165, 1.54) is 19.3 Å². The van der Waals surface area contributed by atoms with Crippen LogP contribution in [-0.4, -0.2) is 66.0 Å². The fourth-order valence-corrected chi connectivity index (χ4v) is 4.19. The number of nitrogens with zero attached hydrogens (tertiary/aromatic N) is 2. The number of imidazole rings is 1. The van der Waals surface area contributed by atoms with Crippen LogP contribution in [0.4, 0.5) is 0 Å². The largest absolute Gasteiger partial charge is 0.493 e. The summed E-state index contributed by atoms with van der Waals surface area (Å²) in [6.07, 6.45) is 4.04. The van der Waals surface area contributed by atoms with E-state index in [1.807, 2.05) is 42.5 Å². The number of ether oxygens (including phenoxy) is 2. The average Bonchev–Trinajstić information content (AvgIpc) is 3.24. The van der Waals surface area contributed by atoms with Crippen molar-refractivity contribution in [2.24, 2.45) is 0 Å². The number of piperidine rings is 1. The Kier molecular flexibility index (Phi) is 7.98. The first-order valence-electron chi connectivity index (χ1n) is 11.6. The number of methoxy groups -OCH3 is 1. The van der Waals surface area contributed by atoms with Gasteiger partial charge in [0.2, 0.25) is 0 Å². The summed E-state index contributed by atoms with van der Waals surface area (Å²) in [5.41, 5.74) is 3.18. The normalized spacial score (nSPS) is 15.7. The number of para-hydroxylation sites is 2. The maximum Gasteiger partial charge on any atom is 0.161 e. The van der Waals surface area contributed by atoms with Crippen LogP contribution >= 0.6 is 0 Å². The summed E-state index contributed by atoms with van der Waals surface area (Å²) in [7, 11) is 1.64. The molecule has 3 N–H and O–H groups in total. The van der Waals surface area contributed by atoms with Gasteiger partial charge in [-0.25, -0.2) is 4.98 Å². The molecule has 4 rings (SSSR count). The smallest absolute Gasteiger partial charge is 0.161 e. The van der Waals surface area contributed by atoms with Gasteiger partial charge < -0.3 is 29.8 Å². The predicted molar refractivity (Wildman–Crippen MR) is 126 cm³/mol. The number of β-amino-alcohol motifs (C(OH)–C–C–N with tert-alkyl or cyclic N) is 1. The summed E-state index contributed by atoms with van der Waals surface area (Å²) in [5, 5.41) is 13.9. The highest BCUT2D eigenvalue weighted by atomic mass is 16.5. The summed E-state index contributed by atoms with van der Waals surface area (Å²) in [4.78, 5) is 10.3. The number of aliphatic hydroxyl groups is 1. The Morgan fingerprint density at radius 1 is 1.12 bits per heavy atom. The fraction of sp³-hybridized carbons (Fsp3) is 0.480. The average molecular weight is 439 g/mol. The third-order valence-corrected chi connectivity index (χ3v) is 5.88. The molecule has 1 aliphatic rings. The van der Waals surface area contributed by atoms with Gasteiger partial charge in [0.25, 0.3) is 0 Å². The van der Waals surface area contributed by atoms with Crippen molar-refractivity contribution in [2.45, 2.75) is 38.3 Å². The molecule has 0 amide bonds. The van der Waals surface area contributed by atoms with Crippen LogP contribution in [0.3, 0.4) is 0 Å². The molecule has 7 heteroatoms. The third kappa shape index (κ3) is 6.22. The standard InChI is InChI=1S/C25H34N4O3/c1-31-23-10-9-19(15-24(23)32-18-20(30)17-29-13-5-2-6-14-29)16-26-12-11-25-27-21-7-3-4-8-22(21)28-25/h3-4,7-10,15,20,26,30H,2,5-6,11-14,16-18H2,1H3,(H,27,28). The van der Waals surface area contributed by atoms with Gasteiger partial charge >= 0.3 is 0 Å². The molecule has 7 nitrogen and oxygen atoms in total. The summed E-state index contributed by atoms with van der Waals surface area (Å²) in [6, 6.07) is 14.0. The zero-order chi connectivity index (χ0) is 22.2. The van der Waals surface area contributed by atoms with Gasteiger partial charge in [0.1, 0.15) is 18.5 Å². The molecule has 0 spiro atoms. The maximum atomic E-state index is 10.4. The number of H-pyrrole nitrogens is 1. The molecule has 3 aromatic rings. The van der Waals surface area contributed by atoms with Gasteiger partial charge in [-0.3, -0.25) is 0 Å². The summed E-state index contributed by atoms with van der Waals surface area (Å²) in [6.45, 7) is 4.58. The molecule has 1 unspecified atom stereocenters. The van der Waals surface area contributed by atoms with Crippen LogP contribution in [0.1, 0.15) is 30.7 Å². The van der Waals surface area contributed by atoms with Crippen LogP contribution in [0.2, 0.25) is 0 Å². The summed E-state index contributed by atoms with van der Waals surface area (Å²) in [5.74, 6) is 2.34. The van der Waals surface area contributed by atoms with E-state index >= 15 is 0 Å². The first kappa shape index (κ1) is 22.6. The van der Waals surface area contributed by atoms with Crippen LogP contribution in [-0.2, 0) is 13.0 Å². The van der Waals surface area contributed by atoms with Gasteiger partial charge in [-0.1, -0.05) is 24.6 Å². The molecule has 2 heterocycles. The van der Waals surface area contributed by atoms with Crippen LogP contribution < -0.4 is 14.8 Å². The predicted octanol–water partition coefficient (Wildman–Crippen LogP) is 3.13. The number of nitrogens with one attached hydrogen (secondary N) is 2. The van der Waals surface area contributed by atoms with E-state index in [1.54, 1.807) is 7.11 Å². The molecule has 2 aromatic carbocycles. The minimum Gasteiger partial charge on any atom is -0.493 e. The van der Waals surface area contributed by atoms with Crippen molar-refractivity contribution in [3.63, 3.8) is 0 Å². The van der Waals surface area contributed by atoms with E-state index in [-0.39, 0.29) is 6.61 Å². The lowest BCUT2D eigenvalue weighted by molar-refractivity contribution is 0.0608. The molecule has 0 saturated carbocycles.